The van der Waals surface area contributed by atoms with E-state index in [1.807, 2.05) is 40.7 Å². The van der Waals surface area contributed by atoms with E-state index < -0.39 is 0 Å². The van der Waals surface area contributed by atoms with Crippen LogP contribution >= 0.6 is 0 Å². The molecule has 1 heterocycles. The van der Waals surface area contributed by atoms with Crippen molar-refractivity contribution in [2.45, 2.75) is 40.5 Å². The number of benzene rings is 1. The van der Waals surface area contributed by atoms with Crippen LogP contribution in [0.3, 0.4) is 0 Å². The van der Waals surface area contributed by atoms with E-state index in [-0.39, 0.29) is 5.91 Å². The van der Waals surface area contributed by atoms with Crippen LogP contribution in [0, 0.1) is 0 Å². The van der Waals surface area contributed by atoms with Crippen LogP contribution in [-0.2, 0) is 0 Å². The third-order valence-electron chi connectivity index (χ3n) is 3.63. The van der Waals surface area contributed by atoms with Crippen molar-refractivity contribution in [1.82, 2.24) is 10.2 Å². The number of hydrogen-bond donors (Lipinski definition) is 2. The Labute approximate surface area is 154 Å². The predicted molar refractivity (Wildman–Crippen MR) is 101 cm³/mol. The maximum atomic E-state index is 12.7. The van der Waals surface area contributed by atoms with Crippen LogP contribution < -0.4 is 19.5 Å². The molecule has 7 nitrogen and oxygen atoms in total. The van der Waals surface area contributed by atoms with Crippen molar-refractivity contribution in [2.24, 2.45) is 0 Å². The summed E-state index contributed by atoms with van der Waals surface area (Å²) in [5.41, 5.74) is 1.37. The summed E-state index contributed by atoms with van der Waals surface area (Å²) >= 11 is 0. The smallest absolute Gasteiger partial charge is 0.257 e. The summed E-state index contributed by atoms with van der Waals surface area (Å²) in [6.45, 7) is 11.1. The molecule has 0 aliphatic heterocycles. The van der Waals surface area contributed by atoms with Gasteiger partial charge in [-0.15, -0.1) is 0 Å². The van der Waals surface area contributed by atoms with Gasteiger partial charge in [-0.2, -0.15) is 5.10 Å². The van der Waals surface area contributed by atoms with Gasteiger partial charge in [-0.1, -0.05) is 13.8 Å². The topological polar surface area (TPSA) is 85.5 Å². The molecular formula is C19H27N3O4. The van der Waals surface area contributed by atoms with Crippen molar-refractivity contribution in [2.75, 3.05) is 25.1 Å². The Morgan fingerprint density at radius 3 is 2.08 bits per heavy atom. The average Bonchev–Trinajstić information content (AvgIpc) is 3.06. The maximum absolute atomic E-state index is 12.7. The molecule has 142 valence electrons. The van der Waals surface area contributed by atoms with E-state index in [1.165, 1.54) is 0 Å². The molecule has 0 aliphatic rings. The van der Waals surface area contributed by atoms with Crippen LogP contribution in [0.2, 0.25) is 0 Å². The third-order valence-corrected chi connectivity index (χ3v) is 3.63. The number of nitrogens with one attached hydrogen (secondary N) is 2. The van der Waals surface area contributed by atoms with Gasteiger partial charge in [-0.25, -0.2) is 0 Å². The number of nitrogens with zero attached hydrogens (tertiary/aromatic N) is 1. The number of aromatic nitrogens is 2. The lowest BCUT2D eigenvalue weighted by Crippen LogP contribution is -2.13. The molecule has 2 N–H and O–H groups in total. The first kappa shape index (κ1) is 19.6. The van der Waals surface area contributed by atoms with Gasteiger partial charge in [0.25, 0.3) is 5.91 Å². The van der Waals surface area contributed by atoms with E-state index in [2.05, 4.69) is 15.5 Å². The SMILES string of the molecule is CCOc1cc(C(=O)Nc2cc(C(C)C)[nH]n2)cc(OCC)c1OCC. The Bertz CT molecular complexity index is 713. The normalized spacial score (nSPS) is 10.7. The van der Waals surface area contributed by atoms with Gasteiger partial charge in [0.2, 0.25) is 5.75 Å². The molecule has 0 unspecified atom stereocenters. The zero-order chi connectivity index (χ0) is 19.1. The van der Waals surface area contributed by atoms with Crippen molar-refractivity contribution < 1.29 is 19.0 Å². The fourth-order valence-electron chi connectivity index (χ4n) is 2.40. The van der Waals surface area contributed by atoms with Crippen molar-refractivity contribution >= 4 is 11.7 Å². The van der Waals surface area contributed by atoms with Gasteiger partial charge >= 0.3 is 0 Å². The van der Waals surface area contributed by atoms with E-state index in [4.69, 9.17) is 14.2 Å². The predicted octanol–water partition coefficient (Wildman–Crippen LogP) is 3.98. The highest BCUT2D eigenvalue weighted by atomic mass is 16.5. The molecule has 0 bridgehead atoms. The Morgan fingerprint density at radius 1 is 1.04 bits per heavy atom. The second-order valence-electron chi connectivity index (χ2n) is 5.92. The van der Waals surface area contributed by atoms with Gasteiger partial charge < -0.3 is 19.5 Å². The molecule has 1 aromatic heterocycles. The first-order valence-electron chi connectivity index (χ1n) is 8.93. The number of anilines is 1. The highest BCUT2D eigenvalue weighted by molar-refractivity contribution is 6.04. The van der Waals surface area contributed by atoms with Crippen LogP contribution in [0.15, 0.2) is 18.2 Å². The van der Waals surface area contributed by atoms with Crippen LogP contribution in [0.4, 0.5) is 5.82 Å². The molecule has 2 aromatic rings. The molecule has 0 saturated carbocycles. The monoisotopic (exact) mass is 361 g/mol. The summed E-state index contributed by atoms with van der Waals surface area (Å²) < 4.78 is 16.9. The number of ether oxygens (including phenoxy) is 3. The largest absolute Gasteiger partial charge is 0.490 e. The van der Waals surface area contributed by atoms with Gasteiger partial charge in [0.15, 0.2) is 17.3 Å². The quantitative estimate of drug-likeness (QED) is 0.705. The average molecular weight is 361 g/mol. The van der Waals surface area contributed by atoms with E-state index in [0.29, 0.717) is 54.4 Å². The number of amides is 1. The fraction of sp³-hybridized carbons (Fsp3) is 0.474. The maximum Gasteiger partial charge on any atom is 0.257 e. The second kappa shape index (κ2) is 9.12. The van der Waals surface area contributed by atoms with Crippen molar-refractivity contribution in [3.63, 3.8) is 0 Å². The Hall–Kier alpha value is -2.70. The molecule has 0 aliphatic carbocycles. The number of aromatic amines is 1. The first-order valence-corrected chi connectivity index (χ1v) is 8.93. The third kappa shape index (κ3) is 4.68. The summed E-state index contributed by atoms with van der Waals surface area (Å²) in [5, 5.41) is 9.83. The fourth-order valence-corrected chi connectivity index (χ4v) is 2.40. The van der Waals surface area contributed by atoms with Gasteiger partial charge in [-0.3, -0.25) is 9.89 Å². The first-order chi connectivity index (χ1) is 12.5. The molecule has 0 atom stereocenters. The summed E-state index contributed by atoms with van der Waals surface area (Å²) in [7, 11) is 0. The van der Waals surface area contributed by atoms with E-state index in [1.54, 1.807) is 12.1 Å². The zero-order valence-electron chi connectivity index (χ0n) is 16.0. The van der Waals surface area contributed by atoms with Crippen LogP contribution in [0.5, 0.6) is 17.2 Å². The molecule has 0 radical (unpaired) electrons. The molecule has 26 heavy (non-hydrogen) atoms. The summed E-state index contributed by atoms with van der Waals surface area (Å²) in [4.78, 5) is 12.7. The lowest BCUT2D eigenvalue weighted by Gasteiger charge is -2.16. The Kier molecular flexibility index (Phi) is 6.89. The van der Waals surface area contributed by atoms with Crippen molar-refractivity contribution in [1.29, 1.82) is 0 Å². The van der Waals surface area contributed by atoms with Gasteiger partial charge in [0.05, 0.1) is 19.8 Å². The number of carbonyl (C=O) groups excluding carboxylic acids is 1. The highest BCUT2D eigenvalue weighted by Gasteiger charge is 2.19. The molecule has 0 spiro atoms. The van der Waals surface area contributed by atoms with Crippen LogP contribution in [-0.4, -0.2) is 35.9 Å². The number of H-pyrrole nitrogens is 1. The standard InChI is InChI=1S/C19H27N3O4/c1-6-24-15-9-13(10-16(25-7-2)18(15)26-8-3)19(23)20-17-11-14(12(4)5)21-22-17/h9-12H,6-8H2,1-5H3,(H2,20,21,22,23). The van der Waals surface area contributed by atoms with Crippen molar-refractivity contribution in [3.8, 4) is 17.2 Å². The van der Waals surface area contributed by atoms with Crippen LogP contribution in [0.25, 0.3) is 0 Å². The number of rotatable bonds is 9. The number of carbonyl (C=O) groups is 1. The minimum atomic E-state index is -0.295. The lowest BCUT2D eigenvalue weighted by atomic mass is 10.1. The van der Waals surface area contributed by atoms with Gasteiger partial charge in [-0.05, 0) is 38.8 Å². The summed E-state index contributed by atoms with van der Waals surface area (Å²) in [6.07, 6.45) is 0. The molecule has 2 rings (SSSR count). The number of hydrogen-bond acceptors (Lipinski definition) is 5. The van der Waals surface area contributed by atoms with Gasteiger partial charge in [0, 0.05) is 17.3 Å². The second-order valence-corrected chi connectivity index (χ2v) is 5.92. The minimum absolute atomic E-state index is 0.295. The van der Waals surface area contributed by atoms with E-state index in [9.17, 15) is 4.79 Å². The van der Waals surface area contributed by atoms with Gasteiger partial charge in [0.1, 0.15) is 0 Å². The summed E-state index contributed by atoms with van der Waals surface area (Å²) in [6, 6.07) is 5.13. The highest BCUT2D eigenvalue weighted by Crippen LogP contribution is 2.39. The van der Waals surface area contributed by atoms with E-state index in [0.717, 1.165) is 5.69 Å². The Balaban J connectivity index is 2.32. The minimum Gasteiger partial charge on any atom is -0.490 e. The zero-order valence-corrected chi connectivity index (χ0v) is 16.0. The van der Waals surface area contributed by atoms with E-state index >= 15 is 0 Å². The lowest BCUT2D eigenvalue weighted by molar-refractivity contribution is 0.102. The molecule has 0 saturated heterocycles. The molecule has 0 fully saturated rings. The molecule has 7 heteroatoms. The molecular weight excluding hydrogens is 334 g/mol. The molecule has 1 aromatic carbocycles. The Morgan fingerprint density at radius 2 is 1.62 bits per heavy atom. The van der Waals surface area contributed by atoms with Crippen LogP contribution in [0.1, 0.15) is 56.6 Å². The van der Waals surface area contributed by atoms with Crippen molar-refractivity contribution in [3.05, 3.63) is 29.5 Å². The summed E-state index contributed by atoms with van der Waals surface area (Å²) in [5.74, 6) is 1.95. The molecule has 1 amide bonds.